The molecule has 0 saturated carbocycles. The van der Waals surface area contributed by atoms with Gasteiger partial charge < -0.3 is 14.5 Å². The number of hydrogen-bond donors (Lipinski definition) is 2. The van der Waals surface area contributed by atoms with Crippen LogP contribution >= 0.6 is 0 Å². The molecule has 0 spiro atoms. The molecule has 144 valence electrons. The van der Waals surface area contributed by atoms with Crippen molar-refractivity contribution in [1.29, 1.82) is 0 Å². The summed E-state index contributed by atoms with van der Waals surface area (Å²) in [7, 11) is 2.07. The van der Waals surface area contributed by atoms with Crippen LogP contribution in [0, 0.1) is 0 Å². The van der Waals surface area contributed by atoms with Gasteiger partial charge in [0.15, 0.2) is 5.69 Å². The van der Waals surface area contributed by atoms with Crippen LogP contribution < -0.4 is 5.43 Å². The van der Waals surface area contributed by atoms with Gasteiger partial charge in [-0.1, -0.05) is 0 Å². The first-order chi connectivity index (χ1) is 12.2. The SMILES string of the molecule is CN1CCN(NC(=O)c2n[nH]c3c2CCN(C(=O)OC(C)(C)C)C3)CC1. The minimum atomic E-state index is -0.529. The van der Waals surface area contributed by atoms with Crippen LogP contribution in [-0.2, 0) is 17.7 Å². The van der Waals surface area contributed by atoms with Crippen LogP contribution in [0.1, 0.15) is 42.5 Å². The van der Waals surface area contributed by atoms with Crippen molar-refractivity contribution in [3.8, 4) is 0 Å². The third kappa shape index (κ3) is 4.34. The molecule has 1 aromatic rings. The highest BCUT2D eigenvalue weighted by molar-refractivity contribution is 5.93. The topological polar surface area (TPSA) is 93.8 Å². The van der Waals surface area contributed by atoms with E-state index in [9.17, 15) is 9.59 Å². The fraction of sp³-hybridized carbons (Fsp3) is 0.706. The molecule has 26 heavy (non-hydrogen) atoms. The molecule has 1 aromatic heterocycles. The lowest BCUT2D eigenvalue weighted by Gasteiger charge is -2.32. The molecule has 0 unspecified atom stereocenters. The molecule has 1 fully saturated rings. The van der Waals surface area contributed by atoms with Crippen molar-refractivity contribution in [2.45, 2.75) is 39.3 Å². The van der Waals surface area contributed by atoms with Crippen LogP contribution in [0.15, 0.2) is 0 Å². The largest absolute Gasteiger partial charge is 0.444 e. The molecule has 9 nitrogen and oxygen atoms in total. The van der Waals surface area contributed by atoms with E-state index in [2.05, 4.69) is 27.6 Å². The summed E-state index contributed by atoms with van der Waals surface area (Å²) in [6.07, 6.45) is 0.234. The highest BCUT2D eigenvalue weighted by atomic mass is 16.6. The zero-order valence-corrected chi connectivity index (χ0v) is 16.0. The monoisotopic (exact) mass is 364 g/mol. The van der Waals surface area contributed by atoms with Crippen molar-refractivity contribution in [2.24, 2.45) is 0 Å². The van der Waals surface area contributed by atoms with Gasteiger partial charge in [0.05, 0.1) is 12.2 Å². The Morgan fingerprint density at radius 3 is 2.50 bits per heavy atom. The molecular weight excluding hydrogens is 336 g/mol. The molecule has 2 aliphatic heterocycles. The quantitative estimate of drug-likeness (QED) is 0.798. The maximum absolute atomic E-state index is 12.6. The zero-order chi connectivity index (χ0) is 18.9. The number of carbonyl (C=O) groups is 2. The number of H-pyrrole nitrogens is 1. The lowest BCUT2D eigenvalue weighted by molar-refractivity contribution is 0.0221. The van der Waals surface area contributed by atoms with E-state index in [1.807, 2.05) is 25.8 Å². The molecule has 0 bridgehead atoms. The molecule has 2 amide bonds. The fourth-order valence-corrected chi connectivity index (χ4v) is 3.10. The number of ether oxygens (including phenoxy) is 1. The number of nitrogens with one attached hydrogen (secondary N) is 2. The third-order valence-corrected chi connectivity index (χ3v) is 4.56. The predicted molar refractivity (Wildman–Crippen MR) is 95.5 cm³/mol. The van der Waals surface area contributed by atoms with E-state index in [0.717, 1.165) is 37.4 Å². The van der Waals surface area contributed by atoms with Gasteiger partial charge in [-0.05, 0) is 34.2 Å². The normalized spacial score (nSPS) is 19.2. The van der Waals surface area contributed by atoms with Gasteiger partial charge in [-0.25, -0.2) is 9.80 Å². The maximum atomic E-state index is 12.6. The average Bonchev–Trinajstić information content (AvgIpc) is 2.98. The van der Waals surface area contributed by atoms with E-state index in [1.54, 1.807) is 4.90 Å². The first-order valence-corrected chi connectivity index (χ1v) is 9.01. The Balaban J connectivity index is 1.62. The lowest BCUT2D eigenvalue weighted by Crippen LogP contribution is -2.52. The molecule has 2 aliphatic rings. The number of hydrazine groups is 1. The van der Waals surface area contributed by atoms with Crippen LogP contribution in [-0.4, -0.2) is 82.4 Å². The van der Waals surface area contributed by atoms with Gasteiger partial charge in [0.2, 0.25) is 0 Å². The standard InChI is InChI=1S/C17H28N6O3/c1-17(2,3)26-16(25)22-6-5-12-13(11-22)18-19-14(12)15(24)20-23-9-7-21(4)8-10-23/h5-11H2,1-4H3,(H,18,19)(H,20,24). The molecular formula is C17H28N6O3. The van der Waals surface area contributed by atoms with Gasteiger partial charge in [0.25, 0.3) is 5.91 Å². The molecule has 0 radical (unpaired) electrons. The van der Waals surface area contributed by atoms with E-state index in [-0.39, 0.29) is 12.0 Å². The van der Waals surface area contributed by atoms with Gasteiger partial charge >= 0.3 is 6.09 Å². The highest BCUT2D eigenvalue weighted by Gasteiger charge is 2.30. The van der Waals surface area contributed by atoms with Crippen molar-refractivity contribution < 1.29 is 14.3 Å². The van der Waals surface area contributed by atoms with Gasteiger partial charge in [-0.3, -0.25) is 15.3 Å². The van der Waals surface area contributed by atoms with Crippen LogP contribution in [0.4, 0.5) is 4.79 Å². The van der Waals surface area contributed by atoms with Crippen LogP contribution in [0.3, 0.4) is 0 Å². The van der Waals surface area contributed by atoms with E-state index in [0.29, 0.717) is 25.2 Å². The molecule has 2 N–H and O–H groups in total. The summed E-state index contributed by atoms with van der Waals surface area (Å²) < 4.78 is 5.42. The van der Waals surface area contributed by atoms with Crippen LogP contribution in [0.2, 0.25) is 0 Å². The summed E-state index contributed by atoms with van der Waals surface area (Å²) >= 11 is 0. The molecule has 0 aliphatic carbocycles. The van der Waals surface area contributed by atoms with Crippen molar-refractivity contribution in [3.05, 3.63) is 17.0 Å². The summed E-state index contributed by atoms with van der Waals surface area (Å²) in [4.78, 5) is 28.7. The third-order valence-electron chi connectivity index (χ3n) is 4.56. The first-order valence-electron chi connectivity index (χ1n) is 9.01. The predicted octanol–water partition coefficient (Wildman–Crippen LogP) is 0.595. The Morgan fingerprint density at radius 1 is 1.15 bits per heavy atom. The summed E-state index contributed by atoms with van der Waals surface area (Å²) in [6, 6.07) is 0. The molecule has 0 atom stereocenters. The number of carbonyl (C=O) groups excluding carboxylic acids is 2. The van der Waals surface area contributed by atoms with E-state index in [4.69, 9.17) is 4.74 Å². The Hall–Kier alpha value is -2.13. The van der Waals surface area contributed by atoms with Gasteiger partial charge in [0.1, 0.15) is 5.60 Å². The summed E-state index contributed by atoms with van der Waals surface area (Å²) in [5.74, 6) is -0.197. The smallest absolute Gasteiger partial charge is 0.410 e. The van der Waals surface area contributed by atoms with Gasteiger partial charge in [-0.2, -0.15) is 5.10 Å². The van der Waals surface area contributed by atoms with E-state index in [1.165, 1.54) is 0 Å². The van der Waals surface area contributed by atoms with Crippen molar-refractivity contribution in [2.75, 3.05) is 39.8 Å². The molecule has 3 heterocycles. The number of likely N-dealkylation sites (N-methyl/N-ethyl adjacent to an activating group) is 1. The number of nitrogens with zero attached hydrogens (tertiary/aromatic N) is 4. The minimum Gasteiger partial charge on any atom is -0.444 e. The molecule has 1 saturated heterocycles. The Labute approximate surface area is 153 Å². The number of hydrogen-bond acceptors (Lipinski definition) is 6. The van der Waals surface area contributed by atoms with Crippen molar-refractivity contribution >= 4 is 12.0 Å². The number of aromatic nitrogens is 2. The lowest BCUT2D eigenvalue weighted by atomic mass is 10.0. The summed E-state index contributed by atoms with van der Waals surface area (Å²) in [5, 5.41) is 9.04. The summed E-state index contributed by atoms with van der Waals surface area (Å²) in [5.41, 5.74) is 4.51. The van der Waals surface area contributed by atoms with Crippen LogP contribution in [0.25, 0.3) is 0 Å². The second kappa shape index (κ2) is 7.24. The maximum Gasteiger partial charge on any atom is 0.410 e. The fourth-order valence-electron chi connectivity index (χ4n) is 3.10. The van der Waals surface area contributed by atoms with Gasteiger partial charge in [-0.15, -0.1) is 0 Å². The van der Waals surface area contributed by atoms with Gasteiger partial charge in [0, 0.05) is 38.3 Å². The summed E-state index contributed by atoms with van der Waals surface area (Å²) in [6.45, 7) is 9.84. The van der Waals surface area contributed by atoms with E-state index >= 15 is 0 Å². The second-order valence-corrected chi connectivity index (χ2v) is 7.91. The number of amides is 2. The first kappa shape index (κ1) is 18.7. The zero-order valence-electron chi connectivity index (χ0n) is 16.0. The highest BCUT2D eigenvalue weighted by Crippen LogP contribution is 2.22. The molecule has 9 heteroatoms. The Bertz CT molecular complexity index is 673. The number of aromatic amines is 1. The number of piperazine rings is 1. The van der Waals surface area contributed by atoms with E-state index < -0.39 is 5.60 Å². The number of rotatable bonds is 2. The molecule has 3 rings (SSSR count). The van der Waals surface area contributed by atoms with Crippen molar-refractivity contribution in [1.82, 2.24) is 30.4 Å². The average molecular weight is 364 g/mol. The van der Waals surface area contributed by atoms with Crippen molar-refractivity contribution in [3.63, 3.8) is 0 Å². The minimum absolute atomic E-state index is 0.197. The number of fused-ring (bicyclic) bond motifs is 1. The Kier molecular flexibility index (Phi) is 5.19. The van der Waals surface area contributed by atoms with Crippen LogP contribution in [0.5, 0.6) is 0 Å². The second-order valence-electron chi connectivity index (χ2n) is 7.91. The Morgan fingerprint density at radius 2 is 1.85 bits per heavy atom. The molecule has 0 aromatic carbocycles.